The molecule has 0 aromatic heterocycles. The molecule has 66 valence electrons. The molecule has 11 heavy (non-hydrogen) atoms. The van der Waals surface area contributed by atoms with Gasteiger partial charge in [0, 0.05) is 12.1 Å². The Hall–Kier alpha value is -0.0500. The van der Waals surface area contributed by atoms with E-state index in [1.165, 1.54) is 0 Å². The summed E-state index contributed by atoms with van der Waals surface area (Å²) < 4.78 is 5.36. The Balaban J connectivity index is 0.000001000. The summed E-state index contributed by atoms with van der Waals surface area (Å²) in [6.07, 6.45) is 0. The first-order chi connectivity index (χ1) is 4.60. The van der Waals surface area contributed by atoms with Gasteiger partial charge in [0.05, 0.1) is 13.2 Å². The van der Waals surface area contributed by atoms with Gasteiger partial charge in [0.1, 0.15) is 0 Å². The molecule has 0 aliphatic carbocycles. The first kappa shape index (κ1) is 11.0. The van der Waals surface area contributed by atoms with Crippen LogP contribution in [0.2, 0.25) is 0 Å². The Labute approximate surface area is 74.4 Å². The highest BCUT2D eigenvalue weighted by Gasteiger charge is 2.19. The van der Waals surface area contributed by atoms with Gasteiger partial charge in [0.2, 0.25) is 0 Å². The smallest absolute Gasteiger partial charge is 0.0687 e. The Morgan fingerprint density at radius 3 is 2.82 bits per heavy atom. The van der Waals surface area contributed by atoms with Gasteiger partial charge in [-0.05, 0) is 19.4 Å². The maximum Gasteiger partial charge on any atom is 0.0687 e. The van der Waals surface area contributed by atoms with Crippen molar-refractivity contribution in [3.63, 3.8) is 0 Å². The fraction of sp³-hybridized carbons (Fsp3) is 0.750. The van der Waals surface area contributed by atoms with Gasteiger partial charge in [-0.25, -0.2) is 0 Å². The van der Waals surface area contributed by atoms with Crippen LogP contribution in [0, 0.1) is 0 Å². The van der Waals surface area contributed by atoms with Gasteiger partial charge >= 0.3 is 0 Å². The molecule has 0 atom stereocenters. The maximum absolute atomic E-state index is 5.36. The normalized spacial score (nSPS) is 23.6. The van der Waals surface area contributed by atoms with Gasteiger partial charge in [0.15, 0.2) is 0 Å². The number of hydrogen-bond acceptors (Lipinski definition) is 2. The number of ether oxygens (including phenoxy) is 1. The summed E-state index contributed by atoms with van der Waals surface area (Å²) in [5.41, 5.74) is 1.24. The van der Waals surface area contributed by atoms with Gasteiger partial charge in [-0.15, -0.1) is 12.4 Å². The molecule has 2 nitrogen and oxygen atoms in total. The van der Waals surface area contributed by atoms with Crippen LogP contribution in [0.25, 0.3) is 0 Å². The third-order valence-corrected chi connectivity index (χ3v) is 1.59. The number of rotatable bonds is 0. The molecule has 1 fully saturated rings. The Kier molecular flexibility index (Phi) is 4.08. The summed E-state index contributed by atoms with van der Waals surface area (Å²) in [6.45, 7) is 10.5. The van der Waals surface area contributed by atoms with Gasteiger partial charge < -0.3 is 10.1 Å². The molecule has 1 aliphatic heterocycles. The lowest BCUT2D eigenvalue weighted by Crippen LogP contribution is -2.42. The third kappa shape index (κ3) is 3.75. The lowest BCUT2D eigenvalue weighted by molar-refractivity contribution is 0.116. The van der Waals surface area contributed by atoms with Crippen LogP contribution in [0.4, 0.5) is 0 Å². The molecular weight excluding hydrogens is 162 g/mol. The average Bonchev–Trinajstić information content (AvgIpc) is 1.94. The molecule has 1 N–H and O–H groups in total. The highest BCUT2D eigenvalue weighted by Crippen LogP contribution is 2.08. The highest BCUT2D eigenvalue weighted by atomic mass is 35.5. The van der Waals surface area contributed by atoms with Gasteiger partial charge in [-0.2, -0.15) is 0 Å². The van der Waals surface area contributed by atoms with Crippen molar-refractivity contribution in [1.82, 2.24) is 5.32 Å². The zero-order valence-electron chi connectivity index (χ0n) is 7.14. The van der Waals surface area contributed by atoms with Crippen molar-refractivity contribution in [2.24, 2.45) is 0 Å². The van der Waals surface area contributed by atoms with E-state index in [0.717, 1.165) is 18.7 Å². The second-order valence-corrected chi connectivity index (χ2v) is 3.48. The summed E-state index contributed by atoms with van der Waals surface area (Å²) >= 11 is 0. The summed E-state index contributed by atoms with van der Waals surface area (Å²) in [5, 5.41) is 3.35. The van der Waals surface area contributed by atoms with Crippen LogP contribution in [0.3, 0.4) is 0 Å². The van der Waals surface area contributed by atoms with Crippen LogP contribution >= 0.6 is 12.4 Å². The van der Waals surface area contributed by atoms with Crippen molar-refractivity contribution in [1.29, 1.82) is 0 Å². The zero-order chi connectivity index (χ0) is 7.61. The molecule has 0 unspecified atom stereocenters. The fourth-order valence-electron chi connectivity index (χ4n) is 0.917. The van der Waals surface area contributed by atoms with Crippen LogP contribution in [0.1, 0.15) is 13.8 Å². The van der Waals surface area contributed by atoms with Crippen molar-refractivity contribution >= 4 is 12.4 Å². The van der Waals surface area contributed by atoms with Gasteiger partial charge in [-0.3, -0.25) is 0 Å². The monoisotopic (exact) mass is 177 g/mol. The molecule has 0 spiro atoms. The molecule has 1 rings (SSSR count). The minimum atomic E-state index is 0. The quantitative estimate of drug-likeness (QED) is 0.565. The molecule has 0 radical (unpaired) electrons. The van der Waals surface area contributed by atoms with E-state index in [1.54, 1.807) is 0 Å². The molecule has 1 saturated heterocycles. The van der Waals surface area contributed by atoms with Gasteiger partial charge in [0.25, 0.3) is 0 Å². The van der Waals surface area contributed by atoms with E-state index in [1.807, 2.05) is 0 Å². The summed E-state index contributed by atoms with van der Waals surface area (Å²) in [6, 6.07) is 0. The molecule has 0 bridgehead atoms. The van der Waals surface area contributed by atoms with Gasteiger partial charge in [-0.1, -0.05) is 6.58 Å². The Bertz CT molecular complexity index is 145. The van der Waals surface area contributed by atoms with Crippen LogP contribution in [-0.4, -0.2) is 25.3 Å². The van der Waals surface area contributed by atoms with E-state index in [2.05, 4.69) is 25.7 Å². The number of halogens is 1. The lowest BCUT2D eigenvalue weighted by Gasteiger charge is -2.22. The molecule has 0 aromatic rings. The highest BCUT2D eigenvalue weighted by molar-refractivity contribution is 5.85. The van der Waals surface area contributed by atoms with Crippen LogP contribution in [-0.2, 0) is 4.74 Å². The molecule has 0 amide bonds. The predicted octanol–water partition coefficient (Wildman–Crippen LogP) is 1.36. The molecule has 1 heterocycles. The lowest BCUT2D eigenvalue weighted by atomic mass is 10.1. The van der Waals surface area contributed by atoms with E-state index in [0.29, 0.717) is 6.61 Å². The van der Waals surface area contributed by atoms with E-state index in [4.69, 9.17) is 4.74 Å². The summed E-state index contributed by atoms with van der Waals surface area (Å²) in [4.78, 5) is 0. The van der Waals surface area contributed by atoms with E-state index < -0.39 is 0 Å². The largest absolute Gasteiger partial charge is 0.375 e. The first-order valence-electron chi connectivity index (χ1n) is 3.60. The van der Waals surface area contributed by atoms with Crippen molar-refractivity contribution in [2.75, 3.05) is 19.8 Å². The molecule has 1 aliphatic rings. The van der Waals surface area contributed by atoms with Crippen LogP contribution in [0.15, 0.2) is 12.2 Å². The van der Waals surface area contributed by atoms with Crippen molar-refractivity contribution < 1.29 is 4.74 Å². The minimum Gasteiger partial charge on any atom is -0.375 e. The molecular formula is C8H16ClNO. The standard InChI is InChI=1S/C8H15NO.ClH/c1-7-4-9-8(2,3)6-10-5-7;/h9H,1,4-6H2,2-3H3;1H. The first-order valence-corrected chi connectivity index (χ1v) is 3.60. The van der Waals surface area contributed by atoms with E-state index in [-0.39, 0.29) is 17.9 Å². The van der Waals surface area contributed by atoms with E-state index >= 15 is 0 Å². The van der Waals surface area contributed by atoms with Crippen molar-refractivity contribution in [3.8, 4) is 0 Å². The van der Waals surface area contributed by atoms with Crippen LogP contribution in [0.5, 0.6) is 0 Å². The second kappa shape index (κ2) is 4.10. The molecule has 3 heteroatoms. The average molecular weight is 178 g/mol. The number of nitrogens with one attached hydrogen (secondary N) is 1. The fourth-order valence-corrected chi connectivity index (χ4v) is 0.917. The molecule has 0 saturated carbocycles. The van der Waals surface area contributed by atoms with Crippen molar-refractivity contribution in [2.45, 2.75) is 19.4 Å². The van der Waals surface area contributed by atoms with Crippen molar-refractivity contribution in [3.05, 3.63) is 12.2 Å². The SMILES string of the molecule is C=C1CNC(C)(C)COC1.Cl. The Morgan fingerprint density at radius 1 is 1.55 bits per heavy atom. The Morgan fingerprint density at radius 2 is 2.18 bits per heavy atom. The summed E-state index contributed by atoms with van der Waals surface area (Å²) in [5.74, 6) is 0. The third-order valence-electron chi connectivity index (χ3n) is 1.59. The molecule has 0 aromatic carbocycles. The zero-order valence-corrected chi connectivity index (χ0v) is 7.96. The maximum atomic E-state index is 5.36. The second-order valence-electron chi connectivity index (χ2n) is 3.48. The van der Waals surface area contributed by atoms with Crippen LogP contribution < -0.4 is 5.32 Å². The topological polar surface area (TPSA) is 21.3 Å². The summed E-state index contributed by atoms with van der Waals surface area (Å²) in [7, 11) is 0. The van der Waals surface area contributed by atoms with E-state index in [9.17, 15) is 0 Å². The minimum absolute atomic E-state index is 0. The number of hydrogen-bond donors (Lipinski definition) is 1. The predicted molar refractivity (Wildman–Crippen MR) is 49.3 cm³/mol.